The molecule has 1 N–H and O–H groups in total. The Kier molecular flexibility index (Phi) is 5.02. The number of piperazine rings is 1. The SMILES string of the molecule is CC(C)C1NC(=O)C(C)N(CCC2CCCCO2)C1=O. The fourth-order valence-corrected chi connectivity index (χ4v) is 2.92. The summed E-state index contributed by atoms with van der Waals surface area (Å²) in [7, 11) is 0. The standard InChI is InChI=1S/C15H26N2O3/c1-10(2)13-15(19)17(11(3)14(18)16-13)8-7-12-6-4-5-9-20-12/h10-13H,4-9H2,1-3H3,(H,16,18). The molecule has 2 aliphatic heterocycles. The number of hydrogen-bond donors (Lipinski definition) is 1. The third kappa shape index (κ3) is 3.32. The number of nitrogens with one attached hydrogen (secondary N) is 1. The van der Waals surface area contributed by atoms with Crippen molar-refractivity contribution in [1.82, 2.24) is 10.2 Å². The second-order valence-electron chi connectivity index (χ2n) is 6.22. The average molecular weight is 282 g/mol. The molecule has 0 aromatic carbocycles. The maximum absolute atomic E-state index is 12.5. The first-order valence-corrected chi connectivity index (χ1v) is 7.73. The number of ether oxygens (including phenoxy) is 1. The molecule has 20 heavy (non-hydrogen) atoms. The summed E-state index contributed by atoms with van der Waals surface area (Å²) in [5.74, 6) is 0.114. The van der Waals surface area contributed by atoms with E-state index >= 15 is 0 Å². The summed E-state index contributed by atoms with van der Waals surface area (Å²) in [6.07, 6.45) is 4.47. The lowest BCUT2D eigenvalue weighted by Crippen LogP contribution is -2.64. The van der Waals surface area contributed by atoms with Gasteiger partial charge in [0.25, 0.3) is 0 Å². The number of carbonyl (C=O) groups excluding carboxylic acids is 2. The molecular weight excluding hydrogens is 256 g/mol. The van der Waals surface area contributed by atoms with Crippen molar-refractivity contribution in [2.75, 3.05) is 13.2 Å². The zero-order chi connectivity index (χ0) is 14.7. The maximum Gasteiger partial charge on any atom is 0.246 e. The molecule has 2 heterocycles. The molecule has 0 aromatic heterocycles. The van der Waals surface area contributed by atoms with Gasteiger partial charge in [-0.1, -0.05) is 13.8 Å². The van der Waals surface area contributed by atoms with Crippen LogP contribution in [-0.4, -0.2) is 48.1 Å². The Labute approximate surface area is 121 Å². The molecule has 2 fully saturated rings. The highest BCUT2D eigenvalue weighted by atomic mass is 16.5. The fraction of sp³-hybridized carbons (Fsp3) is 0.867. The minimum Gasteiger partial charge on any atom is -0.378 e. The molecule has 5 heteroatoms. The molecule has 3 atom stereocenters. The van der Waals surface area contributed by atoms with E-state index in [-0.39, 0.29) is 35.9 Å². The van der Waals surface area contributed by atoms with Gasteiger partial charge in [0.2, 0.25) is 11.8 Å². The Morgan fingerprint density at radius 3 is 2.70 bits per heavy atom. The number of amides is 2. The molecule has 2 rings (SSSR count). The van der Waals surface area contributed by atoms with Gasteiger partial charge in [0.15, 0.2) is 0 Å². The molecule has 2 aliphatic rings. The smallest absolute Gasteiger partial charge is 0.246 e. The first-order chi connectivity index (χ1) is 9.50. The van der Waals surface area contributed by atoms with E-state index < -0.39 is 0 Å². The van der Waals surface area contributed by atoms with Gasteiger partial charge in [-0.15, -0.1) is 0 Å². The van der Waals surface area contributed by atoms with Crippen molar-refractivity contribution < 1.29 is 14.3 Å². The summed E-state index contributed by atoms with van der Waals surface area (Å²) in [6.45, 7) is 7.15. The van der Waals surface area contributed by atoms with Crippen LogP contribution in [0.2, 0.25) is 0 Å². The number of nitrogens with zero attached hydrogens (tertiary/aromatic N) is 1. The normalized spacial score (nSPS) is 31.6. The third-order valence-corrected chi connectivity index (χ3v) is 4.33. The highest BCUT2D eigenvalue weighted by Crippen LogP contribution is 2.19. The molecule has 5 nitrogen and oxygen atoms in total. The highest BCUT2D eigenvalue weighted by molar-refractivity contribution is 5.96. The van der Waals surface area contributed by atoms with Gasteiger partial charge in [-0.2, -0.15) is 0 Å². The number of hydrogen-bond acceptors (Lipinski definition) is 3. The van der Waals surface area contributed by atoms with Crippen LogP contribution in [-0.2, 0) is 14.3 Å². The van der Waals surface area contributed by atoms with Crippen molar-refractivity contribution >= 4 is 11.8 Å². The van der Waals surface area contributed by atoms with Crippen molar-refractivity contribution in [3.05, 3.63) is 0 Å². The first-order valence-electron chi connectivity index (χ1n) is 7.73. The molecule has 0 radical (unpaired) electrons. The predicted octanol–water partition coefficient (Wildman–Crippen LogP) is 1.32. The van der Waals surface area contributed by atoms with Crippen molar-refractivity contribution in [2.45, 2.75) is 64.6 Å². The van der Waals surface area contributed by atoms with Crippen molar-refractivity contribution in [3.63, 3.8) is 0 Å². The van der Waals surface area contributed by atoms with Crippen LogP contribution in [0.3, 0.4) is 0 Å². The van der Waals surface area contributed by atoms with Crippen LogP contribution in [0.15, 0.2) is 0 Å². The average Bonchev–Trinajstić information content (AvgIpc) is 2.43. The zero-order valence-corrected chi connectivity index (χ0v) is 12.7. The molecule has 0 aromatic rings. The quantitative estimate of drug-likeness (QED) is 0.846. The van der Waals surface area contributed by atoms with Crippen LogP contribution in [0, 0.1) is 5.92 Å². The Morgan fingerprint density at radius 1 is 1.35 bits per heavy atom. The highest BCUT2D eigenvalue weighted by Gasteiger charge is 2.39. The van der Waals surface area contributed by atoms with E-state index in [0.29, 0.717) is 6.54 Å². The fourth-order valence-electron chi connectivity index (χ4n) is 2.92. The van der Waals surface area contributed by atoms with Gasteiger partial charge in [-0.05, 0) is 38.5 Å². The maximum atomic E-state index is 12.5. The van der Waals surface area contributed by atoms with Gasteiger partial charge in [-0.3, -0.25) is 9.59 Å². The molecule has 0 saturated carbocycles. The third-order valence-electron chi connectivity index (χ3n) is 4.33. The van der Waals surface area contributed by atoms with Crippen molar-refractivity contribution in [2.24, 2.45) is 5.92 Å². The molecule has 3 unspecified atom stereocenters. The minimum absolute atomic E-state index is 0.0444. The molecule has 0 bridgehead atoms. The van der Waals surface area contributed by atoms with E-state index in [9.17, 15) is 9.59 Å². The van der Waals surface area contributed by atoms with Gasteiger partial charge in [-0.25, -0.2) is 0 Å². The monoisotopic (exact) mass is 282 g/mol. The van der Waals surface area contributed by atoms with Crippen LogP contribution in [0.25, 0.3) is 0 Å². The summed E-state index contributed by atoms with van der Waals surface area (Å²) >= 11 is 0. The van der Waals surface area contributed by atoms with Gasteiger partial charge >= 0.3 is 0 Å². The van der Waals surface area contributed by atoms with Crippen molar-refractivity contribution in [3.8, 4) is 0 Å². The van der Waals surface area contributed by atoms with E-state index in [4.69, 9.17) is 4.74 Å². The lowest BCUT2D eigenvalue weighted by molar-refractivity contribution is -0.150. The van der Waals surface area contributed by atoms with E-state index in [1.807, 2.05) is 13.8 Å². The Hall–Kier alpha value is -1.10. The molecule has 114 valence electrons. The topological polar surface area (TPSA) is 58.6 Å². The summed E-state index contributed by atoms with van der Waals surface area (Å²) in [5, 5.41) is 2.82. The number of carbonyl (C=O) groups is 2. The summed E-state index contributed by atoms with van der Waals surface area (Å²) in [4.78, 5) is 26.2. The van der Waals surface area contributed by atoms with Gasteiger partial charge in [0.05, 0.1) is 6.10 Å². The van der Waals surface area contributed by atoms with E-state index in [1.165, 1.54) is 6.42 Å². The summed E-state index contributed by atoms with van der Waals surface area (Å²) in [6, 6.07) is -0.757. The molecule has 2 amide bonds. The minimum atomic E-state index is -0.383. The molecular formula is C15H26N2O3. The molecule has 2 saturated heterocycles. The van der Waals surface area contributed by atoms with E-state index in [0.717, 1.165) is 25.9 Å². The van der Waals surface area contributed by atoms with Gasteiger partial charge < -0.3 is 15.0 Å². The summed E-state index contributed by atoms with van der Waals surface area (Å²) < 4.78 is 5.70. The van der Waals surface area contributed by atoms with Gasteiger partial charge in [0.1, 0.15) is 12.1 Å². The second-order valence-corrected chi connectivity index (χ2v) is 6.22. The van der Waals surface area contributed by atoms with Crippen LogP contribution in [0.5, 0.6) is 0 Å². The van der Waals surface area contributed by atoms with Crippen LogP contribution >= 0.6 is 0 Å². The Bertz CT molecular complexity index is 364. The molecule has 0 aliphatic carbocycles. The lowest BCUT2D eigenvalue weighted by atomic mass is 9.97. The Balaban J connectivity index is 1.95. The van der Waals surface area contributed by atoms with Crippen LogP contribution in [0.1, 0.15) is 46.5 Å². The van der Waals surface area contributed by atoms with Gasteiger partial charge in [0, 0.05) is 13.2 Å². The van der Waals surface area contributed by atoms with Crippen LogP contribution in [0.4, 0.5) is 0 Å². The summed E-state index contributed by atoms with van der Waals surface area (Å²) in [5.41, 5.74) is 0. The van der Waals surface area contributed by atoms with E-state index in [1.54, 1.807) is 11.8 Å². The Morgan fingerprint density at radius 2 is 2.10 bits per heavy atom. The van der Waals surface area contributed by atoms with Crippen LogP contribution < -0.4 is 5.32 Å². The number of rotatable bonds is 4. The zero-order valence-electron chi connectivity index (χ0n) is 12.7. The second kappa shape index (κ2) is 6.57. The first kappa shape index (κ1) is 15.3. The molecule has 0 spiro atoms. The largest absolute Gasteiger partial charge is 0.378 e. The predicted molar refractivity (Wildman–Crippen MR) is 76.2 cm³/mol. The van der Waals surface area contributed by atoms with E-state index in [2.05, 4.69) is 5.32 Å². The van der Waals surface area contributed by atoms with Crippen molar-refractivity contribution in [1.29, 1.82) is 0 Å². The lowest BCUT2D eigenvalue weighted by Gasteiger charge is -2.39.